The molecule has 1 saturated heterocycles. The van der Waals surface area contributed by atoms with Crippen LogP contribution in [0.5, 0.6) is 5.75 Å². The molecule has 1 N–H and O–H groups in total. The van der Waals surface area contributed by atoms with E-state index in [9.17, 15) is 13.5 Å². The van der Waals surface area contributed by atoms with Crippen molar-refractivity contribution in [1.82, 2.24) is 4.90 Å². The number of sulfone groups is 1. The minimum atomic E-state index is -2.98. The highest BCUT2D eigenvalue weighted by molar-refractivity contribution is 7.91. The molecule has 0 bridgehead atoms. The number of benzene rings is 1. The highest BCUT2D eigenvalue weighted by Crippen LogP contribution is 2.24. The Morgan fingerprint density at radius 3 is 2.77 bits per heavy atom. The Morgan fingerprint density at radius 2 is 2.12 bits per heavy atom. The predicted molar refractivity (Wildman–Crippen MR) is 105 cm³/mol. The molecule has 0 radical (unpaired) electrons. The van der Waals surface area contributed by atoms with Gasteiger partial charge in [-0.15, -0.1) is 11.3 Å². The lowest BCUT2D eigenvalue weighted by molar-refractivity contribution is 0.0529. The van der Waals surface area contributed by atoms with Gasteiger partial charge in [-0.1, -0.05) is 29.8 Å². The molecule has 142 valence electrons. The molecule has 1 aromatic heterocycles. The van der Waals surface area contributed by atoms with Crippen LogP contribution >= 0.6 is 22.9 Å². The van der Waals surface area contributed by atoms with Gasteiger partial charge in [0.25, 0.3) is 0 Å². The van der Waals surface area contributed by atoms with E-state index in [1.54, 1.807) is 23.5 Å². The zero-order valence-electron chi connectivity index (χ0n) is 14.3. The van der Waals surface area contributed by atoms with Gasteiger partial charge in [0, 0.05) is 24.0 Å². The van der Waals surface area contributed by atoms with Crippen molar-refractivity contribution in [2.75, 3.05) is 24.7 Å². The quantitative estimate of drug-likeness (QED) is 0.718. The molecular weight excluding hydrogens is 394 g/mol. The molecule has 2 aromatic rings. The first-order valence-corrected chi connectivity index (χ1v) is 11.5. The van der Waals surface area contributed by atoms with Crippen LogP contribution in [0.3, 0.4) is 0 Å². The van der Waals surface area contributed by atoms with Gasteiger partial charge in [-0.05, 0) is 30.0 Å². The van der Waals surface area contributed by atoms with Gasteiger partial charge in [0.15, 0.2) is 9.84 Å². The van der Waals surface area contributed by atoms with Gasteiger partial charge in [0.2, 0.25) is 0 Å². The molecule has 3 rings (SSSR count). The highest BCUT2D eigenvalue weighted by atomic mass is 35.5. The molecule has 0 saturated carbocycles. The molecule has 0 aliphatic carbocycles. The number of aliphatic hydroxyl groups is 1. The number of para-hydroxylation sites is 1. The molecule has 1 fully saturated rings. The van der Waals surface area contributed by atoms with E-state index in [2.05, 4.69) is 4.90 Å². The van der Waals surface area contributed by atoms with Crippen molar-refractivity contribution in [2.45, 2.75) is 25.1 Å². The van der Waals surface area contributed by atoms with Gasteiger partial charge in [-0.2, -0.15) is 0 Å². The maximum absolute atomic E-state index is 11.9. The van der Waals surface area contributed by atoms with E-state index in [4.69, 9.17) is 16.3 Å². The average Bonchev–Trinajstić information content (AvgIpc) is 3.23. The van der Waals surface area contributed by atoms with Crippen LogP contribution in [0, 0.1) is 0 Å². The summed E-state index contributed by atoms with van der Waals surface area (Å²) in [6.07, 6.45) is -0.138. The number of hydrogen-bond donors (Lipinski definition) is 1. The summed E-state index contributed by atoms with van der Waals surface area (Å²) in [5.41, 5.74) is 0. The third kappa shape index (κ3) is 5.44. The van der Waals surface area contributed by atoms with Crippen LogP contribution in [-0.2, 0) is 16.4 Å². The number of ether oxygens (including phenoxy) is 1. The molecule has 8 heteroatoms. The smallest absolute Gasteiger partial charge is 0.151 e. The number of hydrogen-bond acceptors (Lipinski definition) is 6. The molecule has 1 aliphatic heterocycles. The van der Waals surface area contributed by atoms with Gasteiger partial charge in [-0.25, -0.2) is 8.42 Å². The van der Waals surface area contributed by atoms with E-state index >= 15 is 0 Å². The number of nitrogens with zero attached hydrogens (tertiary/aromatic N) is 1. The SMILES string of the molecule is O=S1(=O)CCC(N(Cc2cccs2)CC(O)COc2ccccc2Cl)C1. The van der Waals surface area contributed by atoms with Crippen LogP contribution in [0.15, 0.2) is 41.8 Å². The Hall–Kier alpha value is -1.12. The fourth-order valence-corrected chi connectivity index (χ4v) is 5.76. The lowest BCUT2D eigenvalue weighted by Gasteiger charge is -2.29. The van der Waals surface area contributed by atoms with Gasteiger partial charge in [0.05, 0.1) is 16.5 Å². The summed E-state index contributed by atoms with van der Waals surface area (Å²) in [6, 6.07) is 11.0. The van der Waals surface area contributed by atoms with Crippen LogP contribution in [0.4, 0.5) is 0 Å². The van der Waals surface area contributed by atoms with Gasteiger partial charge in [-0.3, -0.25) is 4.90 Å². The van der Waals surface area contributed by atoms with Crippen LogP contribution in [-0.4, -0.2) is 55.2 Å². The molecule has 2 atom stereocenters. The topological polar surface area (TPSA) is 66.8 Å². The second-order valence-electron chi connectivity index (χ2n) is 6.46. The Morgan fingerprint density at radius 1 is 1.31 bits per heavy atom. The second-order valence-corrected chi connectivity index (χ2v) is 10.1. The summed E-state index contributed by atoms with van der Waals surface area (Å²) in [7, 11) is -2.98. The second kappa shape index (κ2) is 8.71. The summed E-state index contributed by atoms with van der Waals surface area (Å²) in [5, 5.41) is 12.9. The van der Waals surface area contributed by atoms with Crippen LogP contribution in [0.25, 0.3) is 0 Å². The van der Waals surface area contributed by atoms with Crippen molar-refractivity contribution in [2.24, 2.45) is 0 Å². The lowest BCUT2D eigenvalue weighted by Crippen LogP contribution is -2.42. The van der Waals surface area contributed by atoms with Gasteiger partial charge < -0.3 is 9.84 Å². The molecule has 1 aliphatic rings. The molecule has 2 unspecified atom stereocenters. The zero-order valence-corrected chi connectivity index (χ0v) is 16.6. The van der Waals surface area contributed by atoms with Crippen molar-refractivity contribution in [3.8, 4) is 5.75 Å². The summed E-state index contributed by atoms with van der Waals surface area (Å²) >= 11 is 7.69. The van der Waals surface area contributed by atoms with Crippen molar-refractivity contribution in [1.29, 1.82) is 0 Å². The lowest BCUT2D eigenvalue weighted by atomic mass is 10.2. The summed E-state index contributed by atoms with van der Waals surface area (Å²) in [4.78, 5) is 3.20. The van der Waals surface area contributed by atoms with Gasteiger partial charge >= 0.3 is 0 Å². The van der Waals surface area contributed by atoms with Crippen molar-refractivity contribution >= 4 is 32.8 Å². The molecule has 5 nitrogen and oxygen atoms in total. The third-order valence-corrected chi connectivity index (χ3v) is 7.30. The Balaban J connectivity index is 1.62. The first-order chi connectivity index (χ1) is 12.4. The van der Waals surface area contributed by atoms with Crippen LogP contribution in [0.1, 0.15) is 11.3 Å². The van der Waals surface area contributed by atoms with Crippen molar-refractivity contribution < 1.29 is 18.3 Å². The minimum absolute atomic E-state index is 0.0722. The Bertz CT molecular complexity index is 810. The first kappa shape index (κ1) is 19.6. The van der Waals surface area contributed by atoms with E-state index in [0.717, 1.165) is 4.88 Å². The summed E-state index contributed by atoms with van der Waals surface area (Å²) < 4.78 is 29.3. The maximum Gasteiger partial charge on any atom is 0.151 e. The van der Waals surface area contributed by atoms with Crippen LogP contribution < -0.4 is 4.74 Å². The van der Waals surface area contributed by atoms with Gasteiger partial charge in [0.1, 0.15) is 18.5 Å². The molecular formula is C18H22ClNO4S2. The van der Waals surface area contributed by atoms with E-state index in [1.165, 1.54) is 0 Å². The zero-order chi connectivity index (χ0) is 18.6. The average molecular weight is 416 g/mol. The summed E-state index contributed by atoms with van der Waals surface area (Å²) in [5.74, 6) is 0.892. The van der Waals surface area contributed by atoms with Crippen LogP contribution in [0.2, 0.25) is 5.02 Å². The Kier molecular flexibility index (Phi) is 6.58. The van der Waals surface area contributed by atoms with E-state index in [1.807, 2.05) is 29.6 Å². The fourth-order valence-electron chi connectivity index (χ4n) is 3.08. The van der Waals surface area contributed by atoms with E-state index in [-0.39, 0.29) is 24.2 Å². The number of halogens is 1. The molecule has 2 heterocycles. The fraction of sp³-hybridized carbons (Fsp3) is 0.444. The minimum Gasteiger partial charge on any atom is -0.489 e. The molecule has 26 heavy (non-hydrogen) atoms. The Labute approximate surface area is 163 Å². The standard InChI is InChI=1S/C18H22ClNO4S2/c19-17-5-1-2-6-18(17)24-12-15(21)10-20(11-16-4-3-8-25-16)14-7-9-26(22,23)13-14/h1-6,8,14-15,21H,7,9-13H2. The monoisotopic (exact) mass is 415 g/mol. The normalized spacial score (nSPS) is 20.3. The van der Waals surface area contributed by atoms with E-state index < -0.39 is 15.9 Å². The molecule has 1 aromatic carbocycles. The number of thiophene rings is 1. The first-order valence-electron chi connectivity index (χ1n) is 8.45. The molecule has 0 amide bonds. The highest BCUT2D eigenvalue weighted by Gasteiger charge is 2.33. The molecule has 0 spiro atoms. The van der Waals surface area contributed by atoms with Crippen molar-refractivity contribution in [3.05, 3.63) is 51.7 Å². The number of rotatable bonds is 8. The van der Waals surface area contributed by atoms with E-state index in [0.29, 0.717) is 30.3 Å². The maximum atomic E-state index is 11.9. The number of aliphatic hydroxyl groups excluding tert-OH is 1. The largest absolute Gasteiger partial charge is 0.489 e. The van der Waals surface area contributed by atoms with Crippen molar-refractivity contribution in [3.63, 3.8) is 0 Å². The third-order valence-electron chi connectivity index (χ3n) is 4.38. The predicted octanol–water partition coefficient (Wildman–Crippen LogP) is 2.83. The summed E-state index contributed by atoms with van der Waals surface area (Å²) in [6.45, 7) is 1.08.